The third kappa shape index (κ3) is 2.29. The van der Waals surface area contributed by atoms with Crippen molar-refractivity contribution >= 4 is 0 Å². The number of halogens is 1. The summed E-state index contributed by atoms with van der Waals surface area (Å²) in [6, 6.07) is 5.12. The summed E-state index contributed by atoms with van der Waals surface area (Å²) >= 11 is 0. The van der Waals surface area contributed by atoms with Crippen LogP contribution in [-0.4, -0.2) is 13.7 Å². The monoisotopic (exact) mass is 237 g/mol. The zero-order chi connectivity index (χ0) is 12.3. The zero-order valence-corrected chi connectivity index (χ0v) is 10.3. The van der Waals surface area contributed by atoms with Crippen molar-refractivity contribution in [2.24, 2.45) is 5.73 Å². The molecule has 1 fully saturated rings. The van der Waals surface area contributed by atoms with Crippen LogP contribution < -0.4 is 10.5 Å². The Bertz CT molecular complexity index is 386. The summed E-state index contributed by atoms with van der Waals surface area (Å²) in [5.74, 6) is 0.380. The molecule has 1 aliphatic rings. The smallest absolute Gasteiger partial charge is 0.130 e. The van der Waals surface area contributed by atoms with Gasteiger partial charge in [-0.05, 0) is 24.5 Å². The van der Waals surface area contributed by atoms with Gasteiger partial charge in [-0.3, -0.25) is 0 Å². The first kappa shape index (κ1) is 12.4. The lowest BCUT2D eigenvalue weighted by molar-refractivity contribution is 0.291. The van der Waals surface area contributed by atoms with E-state index in [1.165, 1.54) is 12.5 Å². The van der Waals surface area contributed by atoms with Crippen LogP contribution in [-0.2, 0) is 5.41 Å². The van der Waals surface area contributed by atoms with E-state index in [2.05, 4.69) is 0 Å². The minimum Gasteiger partial charge on any atom is -0.497 e. The second-order valence-electron chi connectivity index (χ2n) is 4.89. The summed E-state index contributed by atoms with van der Waals surface area (Å²) in [6.07, 6.45) is 5.50. The first-order valence-electron chi connectivity index (χ1n) is 6.26. The molecule has 0 saturated heterocycles. The molecular weight excluding hydrogens is 217 g/mol. The van der Waals surface area contributed by atoms with Crippen molar-refractivity contribution in [3.05, 3.63) is 29.6 Å². The first-order chi connectivity index (χ1) is 8.22. The van der Waals surface area contributed by atoms with E-state index in [4.69, 9.17) is 10.5 Å². The van der Waals surface area contributed by atoms with Gasteiger partial charge in [0.1, 0.15) is 11.6 Å². The van der Waals surface area contributed by atoms with Crippen LogP contribution in [0.5, 0.6) is 5.75 Å². The van der Waals surface area contributed by atoms with E-state index in [0.717, 1.165) is 31.2 Å². The molecule has 0 aliphatic heterocycles. The predicted molar refractivity (Wildman–Crippen MR) is 66.8 cm³/mol. The average molecular weight is 237 g/mol. The minimum absolute atomic E-state index is 0.158. The topological polar surface area (TPSA) is 35.2 Å². The molecule has 17 heavy (non-hydrogen) atoms. The van der Waals surface area contributed by atoms with Crippen molar-refractivity contribution in [1.29, 1.82) is 0 Å². The third-order valence-electron chi connectivity index (χ3n) is 3.95. The highest BCUT2D eigenvalue weighted by molar-refractivity contribution is 5.34. The summed E-state index contributed by atoms with van der Waals surface area (Å²) in [6.45, 7) is 0.524. The van der Waals surface area contributed by atoms with Gasteiger partial charge in [0.15, 0.2) is 0 Å². The molecule has 1 aliphatic carbocycles. The number of benzene rings is 1. The molecule has 2 rings (SSSR count). The Morgan fingerprint density at radius 2 is 2.00 bits per heavy atom. The highest BCUT2D eigenvalue weighted by atomic mass is 19.1. The molecule has 2 nitrogen and oxygen atoms in total. The zero-order valence-electron chi connectivity index (χ0n) is 10.3. The van der Waals surface area contributed by atoms with Gasteiger partial charge in [-0.2, -0.15) is 0 Å². The number of ether oxygens (including phenoxy) is 1. The normalized spacial score (nSPS) is 19.0. The van der Waals surface area contributed by atoms with Gasteiger partial charge in [0.05, 0.1) is 7.11 Å². The van der Waals surface area contributed by atoms with E-state index < -0.39 is 0 Å². The third-order valence-corrected chi connectivity index (χ3v) is 3.95. The first-order valence-corrected chi connectivity index (χ1v) is 6.26. The Kier molecular flexibility index (Phi) is 3.67. The molecule has 3 heteroatoms. The number of methoxy groups -OCH3 is 1. The second kappa shape index (κ2) is 5.05. The Hall–Kier alpha value is -1.09. The Labute approximate surface area is 102 Å². The molecule has 1 aromatic carbocycles. The summed E-state index contributed by atoms with van der Waals surface area (Å²) < 4.78 is 19.2. The summed E-state index contributed by atoms with van der Waals surface area (Å²) in [5, 5.41) is 0. The van der Waals surface area contributed by atoms with Gasteiger partial charge in [-0.25, -0.2) is 4.39 Å². The summed E-state index contributed by atoms with van der Waals surface area (Å²) in [4.78, 5) is 0. The highest BCUT2D eigenvalue weighted by Crippen LogP contribution is 2.40. The number of hydrogen-bond donors (Lipinski definition) is 1. The number of rotatable bonds is 3. The van der Waals surface area contributed by atoms with Gasteiger partial charge >= 0.3 is 0 Å². The molecule has 0 spiro atoms. The van der Waals surface area contributed by atoms with Crippen LogP contribution in [0.15, 0.2) is 18.2 Å². The van der Waals surface area contributed by atoms with Gasteiger partial charge in [0.25, 0.3) is 0 Å². The number of nitrogens with two attached hydrogens (primary N) is 1. The van der Waals surface area contributed by atoms with Crippen molar-refractivity contribution in [2.75, 3.05) is 13.7 Å². The average Bonchev–Trinajstić information content (AvgIpc) is 2.39. The Morgan fingerprint density at radius 1 is 1.29 bits per heavy atom. The lowest BCUT2D eigenvalue weighted by Crippen LogP contribution is -2.37. The SMILES string of the molecule is COc1ccc(C2(CN)CCCCC2)c(F)c1. The van der Waals surface area contributed by atoms with Gasteiger partial charge in [-0.15, -0.1) is 0 Å². The quantitative estimate of drug-likeness (QED) is 0.877. The fourth-order valence-electron chi connectivity index (χ4n) is 2.86. The molecule has 2 N–H and O–H groups in total. The van der Waals surface area contributed by atoms with Crippen molar-refractivity contribution < 1.29 is 9.13 Å². The summed E-state index contributed by atoms with van der Waals surface area (Å²) in [7, 11) is 1.55. The molecule has 1 aromatic rings. The Balaban J connectivity index is 2.36. The van der Waals surface area contributed by atoms with Crippen LogP contribution in [0.1, 0.15) is 37.7 Å². The molecule has 0 aromatic heterocycles. The highest BCUT2D eigenvalue weighted by Gasteiger charge is 2.34. The molecule has 0 radical (unpaired) electrons. The maximum Gasteiger partial charge on any atom is 0.130 e. The fourth-order valence-corrected chi connectivity index (χ4v) is 2.86. The molecule has 0 atom stereocenters. The molecule has 0 unspecified atom stereocenters. The van der Waals surface area contributed by atoms with Crippen LogP contribution in [0.3, 0.4) is 0 Å². The van der Waals surface area contributed by atoms with Crippen LogP contribution in [0.4, 0.5) is 4.39 Å². The minimum atomic E-state index is -0.184. The maximum atomic E-state index is 14.1. The largest absolute Gasteiger partial charge is 0.497 e. The van der Waals surface area contributed by atoms with Gasteiger partial charge < -0.3 is 10.5 Å². The van der Waals surface area contributed by atoms with E-state index >= 15 is 0 Å². The lowest BCUT2D eigenvalue weighted by Gasteiger charge is -2.37. The van der Waals surface area contributed by atoms with Crippen molar-refractivity contribution in [1.82, 2.24) is 0 Å². The molecular formula is C14H20FNO. The van der Waals surface area contributed by atoms with Gasteiger partial charge in [0.2, 0.25) is 0 Å². The van der Waals surface area contributed by atoms with Crippen molar-refractivity contribution in [3.63, 3.8) is 0 Å². The lowest BCUT2D eigenvalue weighted by atomic mass is 9.69. The fraction of sp³-hybridized carbons (Fsp3) is 0.571. The molecule has 1 saturated carbocycles. The number of hydrogen-bond acceptors (Lipinski definition) is 2. The standard InChI is InChI=1S/C14H20FNO/c1-17-11-5-6-12(13(15)9-11)14(10-16)7-3-2-4-8-14/h5-6,9H,2-4,7-8,10,16H2,1H3. The van der Waals surface area contributed by atoms with E-state index in [0.29, 0.717) is 12.3 Å². The van der Waals surface area contributed by atoms with Crippen molar-refractivity contribution in [2.45, 2.75) is 37.5 Å². The predicted octanol–water partition coefficient (Wildman–Crippen LogP) is 2.99. The summed E-state index contributed by atoms with van der Waals surface area (Å²) in [5.41, 5.74) is 6.52. The van der Waals surface area contributed by atoms with Crippen LogP contribution in [0.2, 0.25) is 0 Å². The molecule has 0 amide bonds. The Morgan fingerprint density at radius 3 is 2.53 bits per heavy atom. The van der Waals surface area contributed by atoms with Crippen molar-refractivity contribution in [3.8, 4) is 5.75 Å². The van der Waals surface area contributed by atoms with E-state index in [-0.39, 0.29) is 11.2 Å². The van der Waals surface area contributed by atoms with Crippen LogP contribution >= 0.6 is 0 Å². The van der Waals surface area contributed by atoms with E-state index in [9.17, 15) is 4.39 Å². The second-order valence-corrected chi connectivity index (χ2v) is 4.89. The molecule has 0 heterocycles. The molecule has 94 valence electrons. The van der Waals surface area contributed by atoms with Crippen LogP contribution in [0, 0.1) is 5.82 Å². The van der Waals surface area contributed by atoms with E-state index in [1.54, 1.807) is 7.11 Å². The molecule has 0 bridgehead atoms. The van der Waals surface area contributed by atoms with Gasteiger partial charge in [-0.1, -0.05) is 25.3 Å². The van der Waals surface area contributed by atoms with Crippen LogP contribution in [0.25, 0.3) is 0 Å². The van der Waals surface area contributed by atoms with Gasteiger partial charge in [0, 0.05) is 18.0 Å². The maximum absolute atomic E-state index is 14.1. The van der Waals surface area contributed by atoms with E-state index in [1.807, 2.05) is 12.1 Å².